The topological polar surface area (TPSA) is 224 Å². The Balaban J connectivity index is 0.000000118. The van der Waals surface area contributed by atoms with Crippen LogP contribution in [0.15, 0.2) is 461 Å². The summed E-state index contributed by atoms with van der Waals surface area (Å²) in [6.07, 6.45) is 3.64. The predicted octanol–water partition coefficient (Wildman–Crippen LogP) is 28.1. The quantitative estimate of drug-likeness (QED) is 0.0930. The summed E-state index contributed by atoms with van der Waals surface area (Å²) >= 11 is 0. The van der Waals surface area contributed by atoms with Crippen LogP contribution in [0.5, 0.6) is 0 Å². The van der Waals surface area contributed by atoms with Crippen molar-refractivity contribution in [3.63, 3.8) is 0 Å². The van der Waals surface area contributed by atoms with Gasteiger partial charge in [-0.1, -0.05) is 405 Å². The fourth-order valence-electron chi connectivity index (χ4n) is 15.1. The molecule has 8 heterocycles. The number of hydrogen-bond donors (Lipinski definition) is 0. The lowest BCUT2D eigenvalue weighted by molar-refractivity contribution is 0.991. The average Bonchev–Trinajstić information content (AvgIpc) is 1.72. The molecule has 0 fully saturated rings. The Labute approximate surface area is 821 Å². The molecule has 0 saturated carbocycles. The number of aryl methyl sites for hydroxylation is 6. The summed E-state index contributed by atoms with van der Waals surface area (Å²) in [4.78, 5) is 76.9. The molecule has 18 heteroatoms. The second-order valence-electron chi connectivity index (χ2n) is 31.9. The number of nitrogens with zero attached hydrogens (tertiary/aromatic N) is 18. The van der Waals surface area contributed by atoms with E-state index in [1.165, 1.54) is 29.0 Å². The van der Waals surface area contributed by atoms with Crippen LogP contribution in [0.25, 0.3) is 187 Å². The van der Waals surface area contributed by atoms with Gasteiger partial charge in [0.1, 0.15) is 28.9 Å². The highest BCUT2D eigenvalue weighted by Crippen LogP contribution is 2.36. The molecule has 0 aliphatic heterocycles. The Kier molecular flexibility index (Phi) is 25.2. The summed E-state index contributed by atoms with van der Waals surface area (Å²) in [5, 5.41) is 2.38. The third-order valence-electron chi connectivity index (χ3n) is 21.7. The molecule has 0 aliphatic rings. The SMILES string of the molecule is Cc1ccc(-c2nc(-c3ccccc3)nc(-c3ccccc3)n2)cc1.Cc1ccc2c(c1)c1cccnc1n2-c1ccccn1.Cc1cccc(-c2nc(-c3ccccc3)nc(-c3ccccc3)n2)c1.Cc1nc(-c2ccccc2)nc(-c2cc(-c3ccccc3)cc(-c3ccccc3)c2)n1.Cc1nc(-c2ccccc2)nc(-c2ccccc2)n1.[2H]c1c([2H])c([2H])c(-c2nc(C)nc(-c3c([2H])c([2H])c([2H])c([2H])c3[2H])n2)c([2H])c1[2H]. The summed E-state index contributed by atoms with van der Waals surface area (Å²) in [6.45, 7) is 11.5. The van der Waals surface area contributed by atoms with Crippen molar-refractivity contribution in [2.24, 2.45) is 0 Å². The molecule has 0 atom stereocenters. The molecule has 0 amide bonds. The smallest absolute Gasteiger partial charge is 0.164 e. The summed E-state index contributed by atoms with van der Waals surface area (Å²) in [6, 6.07) is 125. The lowest BCUT2D eigenvalue weighted by atomic mass is 9.96. The van der Waals surface area contributed by atoms with Gasteiger partial charge in [0.2, 0.25) is 0 Å². The summed E-state index contributed by atoms with van der Waals surface area (Å²) < 4.78 is 80.9. The van der Waals surface area contributed by atoms with Gasteiger partial charge in [-0.15, -0.1) is 0 Å². The Hall–Kier alpha value is -18.6. The van der Waals surface area contributed by atoms with E-state index >= 15 is 0 Å². The molecule has 0 spiro atoms. The summed E-state index contributed by atoms with van der Waals surface area (Å²) in [5.74, 6) is 8.83. The van der Waals surface area contributed by atoms with E-state index in [1.54, 1.807) is 0 Å². The van der Waals surface area contributed by atoms with Gasteiger partial charge in [-0.3, -0.25) is 4.57 Å². The fraction of sp³-hybridized carbons (Fsp3) is 0.0496. The molecule has 0 unspecified atom stereocenters. The first kappa shape index (κ1) is 79.0. The molecule has 139 heavy (non-hydrogen) atoms. The number of benzene rings is 15. The second kappa shape index (κ2) is 44.3. The van der Waals surface area contributed by atoms with Crippen molar-refractivity contribution in [2.45, 2.75) is 41.5 Å². The van der Waals surface area contributed by atoms with Gasteiger partial charge in [0.25, 0.3) is 0 Å². The minimum Gasteiger partial charge on any atom is -0.278 e. The molecule has 668 valence electrons. The van der Waals surface area contributed by atoms with Crippen LogP contribution in [0, 0.1) is 41.5 Å². The van der Waals surface area contributed by atoms with E-state index < -0.39 is 60.4 Å². The van der Waals surface area contributed by atoms with Crippen LogP contribution in [0.3, 0.4) is 0 Å². The largest absolute Gasteiger partial charge is 0.278 e. The first-order chi connectivity index (χ1) is 72.5. The lowest BCUT2D eigenvalue weighted by Gasteiger charge is -2.11. The van der Waals surface area contributed by atoms with Crippen LogP contribution < -0.4 is 0 Å². The van der Waals surface area contributed by atoms with Gasteiger partial charge in [0.15, 0.2) is 69.9 Å². The number of rotatable bonds is 15. The molecule has 23 rings (SSSR count). The predicted molar refractivity (Wildman–Crippen MR) is 560 cm³/mol. The normalized spacial score (nSPS) is 11.7. The van der Waals surface area contributed by atoms with Gasteiger partial charge in [-0.05, 0) is 124 Å². The molecule has 0 aliphatic carbocycles. The number of pyridine rings is 2. The molecular weight excluding hydrogens is 1710 g/mol. The van der Waals surface area contributed by atoms with E-state index in [4.69, 9.17) is 48.6 Å². The second-order valence-corrected chi connectivity index (χ2v) is 31.9. The van der Waals surface area contributed by atoms with Gasteiger partial charge in [-0.25, -0.2) is 84.7 Å². The van der Waals surface area contributed by atoms with Crippen molar-refractivity contribution in [1.82, 2.24) is 89.3 Å². The molecule has 23 aromatic rings. The zero-order chi connectivity index (χ0) is 104. The zero-order valence-corrected chi connectivity index (χ0v) is 76.7. The maximum atomic E-state index is 8.07. The van der Waals surface area contributed by atoms with Crippen molar-refractivity contribution < 1.29 is 13.7 Å². The Morgan fingerprint density at radius 2 is 0.460 bits per heavy atom. The van der Waals surface area contributed by atoms with Crippen molar-refractivity contribution in [3.05, 3.63) is 495 Å². The van der Waals surface area contributed by atoms with Crippen molar-refractivity contribution in [1.29, 1.82) is 0 Å². The van der Waals surface area contributed by atoms with Crippen LogP contribution in [0.1, 0.15) is 47.9 Å². The summed E-state index contributed by atoms with van der Waals surface area (Å²) in [7, 11) is 0. The van der Waals surface area contributed by atoms with Crippen LogP contribution in [0.2, 0.25) is 0 Å². The van der Waals surface area contributed by atoms with E-state index in [0.29, 0.717) is 64.1 Å². The number of aromatic nitrogens is 18. The highest BCUT2D eigenvalue weighted by Gasteiger charge is 2.20. The van der Waals surface area contributed by atoms with Gasteiger partial charge in [0, 0.05) is 89.9 Å². The molecular formula is C121H94N18. The van der Waals surface area contributed by atoms with Crippen LogP contribution in [-0.2, 0) is 0 Å². The van der Waals surface area contributed by atoms with Gasteiger partial charge in [-0.2, -0.15) is 0 Å². The molecule has 0 N–H and O–H groups in total. The highest BCUT2D eigenvalue weighted by atomic mass is 15.1. The first-order valence-electron chi connectivity index (χ1n) is 49.9. The third-order valence-corrected chi connectivity index (χ3v) is 21.7. The van der Waals surface area contributed by atoms with Crippen molar-refractivity contribution in [2.75, 3.05) is 0 Å². The number of fused-ring (bicyclic) bond motifs is 3. The summed E-state index contributed by atoms with van der Waals surface area (Å²) in [5.41, 5.74) is 19.7. The molecule has 0 saturated heterocycles. The van der Waals surface area contributed by atoms with E-state index in [9.17, 15) is 0 Å². The minimum absolute atomic E-state index is 0.0867. The highest BCUT2D eigenvalue weighted by molar-refractivity contribution is 6.08. The van der Waals surface area contributed by atoms with E-state index in [0.717, 1.165) is 106 Å². The molecule has 8 aromatic heterocycles. The Morgan fingerprint density at radius 3 is 0.806 bits per heavy atom. The van der Waals surface area contributed by atoms with E-state index in [-0.39, 0.29) is 28.6 Å². The monoisotopic (exact) mass is 1810 g/mol. The molecule has 0 radical (unpaired) electrons. The minimum atomic E-state index is -0.569. The van der Waals surface area contributed by atoms with Crippen LogP contribution >= 0.6 is 0 Å². The van der Waals surface area contributed by atoms with Crippen molar-refractivity contribution in [3.8, 4) is 165 Å². The molecule has 15 aromatic carbocycles. The Bertz CT molecular complexity index is 8300. The van der Waals surface area contributed by atoms with Gasteiger partial charge >= 0.3 is 0 Å². The maximum absolute atomic E-state index is 8.07. The molecule has 18 nitrogen and oxygen atoms in total. The van der Waals surface area contributed by atoms with Crippen molar-refractivity contribution >= 4 is 21.9 Å². The van der Waals surface area contributed by atoms with Crippen LogP contribution in [0.4, 0.5) is 0 Å². The maximum Gasteiger partial charge on any atom is 0.164 e. The molecule has 0 bridgehead atoms. The first-order valence-corrected chi connectivity index (χ1v) is 44.9. The standard InChI is InChI=1S/C28H21N3.2C22H17N3.C17H13N3.2C16H13N3/c1-20-29-27(23-15-9-4-10-16-23)31-28(30-20)26-18-24(21-11-5-2-6-12-21)17-25(19-26)22-13-7-3-8-14-22;1-16-9-8-14-19(15-16)22-24-20(17-10-4-2-5-11-17)23-21(25-22)18-12-6-3-7-13-18;1-16-12-14-19(15-13-16)22-24-20(17-8-4-2-5-9-17)23-21(25-22)18-10-6-3-7-11-18;1-12-7-8-15-14(11-12)13-5-4-10-19-17(13)20(15)16-6-2-3-9-18-16;2*1-12-17-15(13-8-4-2-5-9-13)19-16(18-12)14-10-6-3-7-11-14/h2-19H,1H3;2*2-15H,1H3;2-11H,1H3;2*2-11H,1H3/i;;;;2D,3D,4D,5D,6D,7D,8D,9D,10D,11D;. The number of hydrogen-bond acceptors (Lipinski definition) is 17. The van der Waals surface area contributed by atoms with Gasteiger partial charge in [0.05, 0.1) is 19.2 Å². The third kappa shape index (κ3) is 23.4. The zero-order valence-electron chi connectivity index (χ0n) is 86.7. The van der Waals surface area contributed by atoms with E-state index in [2.05, 4.69) is 190 Å². The average molecular weight is 1810 g/mol. The van der Waals surface area contributed by atoms with Crippen LogP contribution in [-0.4, -0.2) is 89.3 Å². The van der Waals surface area contributed by atoms with Gasteiger partial charge < -0.3 is 0 Å². The van der Waals surface area contributed by atoms with E-state index in [1.807, 2.05) is 299 Å². The lowest BCUT2D eigenvalue weighted by Crippen LogP contribution is -2.00. The fourth-order valence-corrected chi connectivity index (χ4v) is 15.1. The Morgan fingerprint density at radius 1 is 0.180 bits per heavy atom.